The van der Waals surface area contributed by atoms with Gasteiger partial charge in [0.1, 0.15) is 5.78 Å². The summed E-state index contributed by atoms with van der Waals surface area (Å²) in [5, 5.41) is 0. The SMILES string of the molecule is CCC(F)(F)CCC(C)=O. The van der Waals surface area contributed by atoms with Crippen LogP contribution in [0.3, 0.4) is 0 Å². The van der Waals surface area contributed by atoms with Crippen LogP contribution in [-0.4, -0.2) is 11.7 Å². The van der Waals surface area contributed by atoms with Gasteiger partial charge in [-0.2, -0.15) is 0 Å². The topological polar surface area (TPSA) is 17.1 Å². The molecule has 0 rings (SSSR count). The van der Waals surface area contributed by atoms with Crippen molar-refractivity contribution in [3.63, 3.8) is 0 Å². The Morgan fingerprint density at radius 3 is 2.30 bits per heavy atom. The van der Waals surface area contributed by atoms with Gasteiger partial charge in [0.15, 0.2) is 0 Å². The van der Waals surface area contributed by atoms with Gasteiger partial charge in [-0.15, -0.1) is 0 Å². The minimum Gasteiger partial charge on any atom is -0.300 e. The molecule has 0 aliphatic rings. The van der Waals surface area contributed by atoms with Crippen molar-refractivity contribution >= 4 is 5.78 Å². The lowest BCUT2D eigenvalue weighted by atomic mass is 10.1. The standard InChI is InChI=1S/C7H12F2O/c1-3-7(8,9)5-4-6(2)10/h3-5H2,1-2H3. The molecule has 3 heteroatoms. The molecule has 0 saturated heterocycles. The largest absolute Gasteiger partial charge is 0.300 e. The second-order valence-electron chi connectivity index (χ2n) is 2.41. The zero-order valence-corrected chi connectivity index (χ0v) is 6.29. The molecular weight excluding hydrogens is 138 g/mol. The van der Waals surface area contributed by atoms with Crippen molar-refractivity contribution in [2.24, 2.45) is 0 Å². The predicted molar refractivity (Wildman–Crippen MR) is 35.2 cm³/mol. The van der Waals surface area contributed by atoms with Crippen molar-refractivity contribution in [2.75, 3.05) is 0 Å². The first kappa shape index (κ1) is 9.53. The van der Waals surface area contributed by atoms with E-state index in [4.69, 9.17) is 0 Å². The molecule has 0 saturated carbocycles. The lowest BCUT2D eigenvalue weighted by molar-refractivity contribution is -0.119. The first-order valence-corrected chi connectivity index (χ1v) is 3.35. The maximum absolute atomic E-state index is 12.4. The molecule has 0 aromatic carbocycles. The van der Waals surface area contributed by atoms with Gasteiger partial charge in [-0.25, -0.2) is 8.78 Å². The van der Waals surface area contributed by atoms with Crippen LogP contribution < -0.4 is 0 Å². The third-order valence-electron chi connectivity index (χ3n) is 1.36. The zero-order valence-electron chi connectivity index (χ0n) is 6.29. The quantitative estimate of drug-likeness (QED) is 0.601. The number of carbonyl (C=O) groups excluding carboxylic acids is 1. The molecule has 0 aromatic rings. The molecule has 1 nitrogen and oxygen atoms in total. The number of halogens is 2. The lowest BCUT2D eigenvalue weighted by Gasteiger charge is -2.11. The Morgan fingerprint density at radius 2 is 2.00 bits per heavy atom. The normalized spacial score (nSPS) is 11.6. The number of alkyl halides is 2. The van der Waals surface area contributed by atoms with Crippen LogP contribution in [0.25, 0.3) is 0 Å². The van der Waals surface area contributed by atoms with Crippen LogP contribution in [0.4, 0.5) is 8.78 Å². The maximum Gasteiger partial charge on any atom is 0.248 e. The van der Waals surface area contributed by atoms with Crippen molar-refractivity contribution in [1.82, 2.24) is 0 Å². The van der Waals surface area contributed by atoms with Gasteiger partial charge < -0.3 is 4.79 Å². The molecular formula is C7H12F2O. The molecule has 10 heavy (non-hydrogen) atoms. The first-order chi connectivity index (χ1) is 4.48. The minimum atomic E-state index is -2.65. The van der Waals surface area contributed by atoms with Crippen LogP contribution in [0, 0.1) is 0 Å². The highest BCUT2D eigenvalue weighted by atomic mass is 19.3. The molecule has 0 heterocycles. The van der Waals surface area contributed by atoms with E-state index in [0.29, 0.717) is 0 Å². The molecule has 0 radical (unpaired) electrons. The van der Waals surface area contributed by atoms with E-state index in [9.17, 15) is 13.6 Å². The smallest absolute Gasteiger partial charge is 0.248 e. The number of rotatable bonds is 4. The van der Waals surface area contributed by atoms with E-state index in [1.165, 1.54) is 13.8 Å². The summed E-state index contributed by atoms with van der Waals surface area (Å²) >= 11 is 0. The van der Waals surface area contributed by atoms with Crippen LogP contribution in [0.5, 0.6) is 0 Å². The van der Waals surface area contributed by atoms with Gasteiger partial charge in [0, 0.05) is 19.3 Å². The molecule has 0 spiro atoms. The summed E-state index contributed by atoms with van der Waals surface area (Å²) in [6.07, 6.45) is -0.500. The van der Waals surface area contributed by atoms with E-state index in [-0.39, 0.29) is 25.0 Å². The summed E-state index contributed by atoms with van der Waals surface area (Å²) < 4.78 is 24.7. The first-order valence-electron chi connectivity index (χ1n) is 3.35. The Morgan fingerprint density at radius 1 is 1.50 bits per heavy atom. The average Bonchev–Trinajstić information content (AvgIpc) is 1.85. The monoisotopic (exact) mass is 150 g/mol. The van der Waals surface area contributed by atoms with E-state index in [1.807, 2.05) is 0 Å². The summed E-state index contributed by atoms with van der Waals surface area (Å²) in [7, 11) is 0. The molecule has 0 bridgehead atoms. The van der Waals surface area contributed by atoms with E-state index in [0.717, 1.165) is 0 Å². The van der Waals surface area contributed by atoms with E-state index in [2.05, 4.69) is 0 Å². The summed E-state index contributed by atoms with van der Waals surface area (Å²) in [5.41, 5.74) is 0. The Bertz CT molecular complexity index is 121. The molecule has 0 unspecified atom stereocenters. The Balaban J connectivity index is 3.56. The van der Waals surface area contributed by atoms with Gasteiger partial charge >= 0.3 is 0 Å². The van der Waals surface area contributed by atoms with Gasteiger partial charge in [-0.1, -0.05) is 6.92 Å². The third-order valence-corrected chi connectivity index (χ3v) is 1.36. The van der Waals surface area contributed by atoms with Crippen LogP contribution in [0.1, 0.15) is 33.1 Å². The molecule has 0 aliphatic heterocycles. The van der Waals surface area contributed by atoms with Gasteiger partial charge in [0.05, 0.1) is 0 Å². The second kappa shape index (κ2) is 3.64. The van der Waals surface area contributed by atoms with Crippen molar-refractivity contribution in [3.8, 4) is 0 Å². The van der Waals surface area contributed by atoms with Crippen LogP contribution in [0.2, 0.25) is 0 Å². The maximum atomic E-state index is 12.4. The van der Waals surface area contributed by atoms with E-state index >= 15 is 0 Å². The van der Waals surface area contributed by atoms with Crippen molar-refractivity contribution < 1.29 is 13.6 Å². The summed E-state index contributed by atoms with van der Waals surface area (Å²) in [6, 6.07) is 0. The Kier molecular flexibility index (Phi) is 3.47. The molecule has 0 aliphatic carbocycles. The molecule has 0 amide bonds. The number of ketones is 1. The molecule has 0 atom stereocenters. The molecule has 60 valence electrons. The van der Waals surface area contributed by atoms with Crippen molar-refractivity contribution in [3.05, 3.63) is 0 Å². The highest BCUT2D eigenvalue weighted by molar-refractivity contribution is 5.75. The average molecular weight is 150 g/mol. The minimum absolute atomic E-state index is 0.0131. The van der Waals surface area contributed by atoms with E-state index < -0.39 is 5.92 Å². The molecule has 0 fully saturated rings. The predicted octanol–water partition coefficient (Wildman–Crippen LogP) is 2.40. The lowest BCUT2D eigenvalue weighted by Crippen LogP contribution is -2.15. The van der Waals surface area contributed by atoms with Crippen LogP contribution in [-0.2, 0) is 4.79 Å². The zero-order chi connectivity index (χ0) is 8.20. The van der Waals surface area contributed by atoms with Gasteiger partial charge in [-0.3, -0.25) is 0 Å². The number of carbonyl (C=O) groups is 1. The molecule has 0 N–H and O–H groups in total. The van der Waals surface area contributed by atoms with E-state index in [1.54, 1.807) is 0 Å². The number of hydrogen-bond donors (Lipinski definition) is 0. The number of hydrogen-bond acceptors (Lipinski definition) is 1. The Hall–Kier alpha value is -0.470. The molecule has 0 aromatic heterocycles. The second-order valence-corrected chi connectivity index (χ2v) is 2.41. The third kappa shape index (κ3) is 4.41. The summed E-state index contributed by atoms with van der Waals surface area (Å²) in [5.74, 6) is -2.82. The van der Waals surface area contributed by atoms with Gasteiger partial charge in [0.25, 0.3) is 0 Å². The van der Waals surface area contributed by atoms with Crippen molar-refractivity contribution in [1.29, 1.82) is 0 Å². The highest BCUT2D eigenvalue weighted by Crippen LogP contribution is 2.23. The fourth-order valence-electron chi connectivity index (χ4n) is 0.536. The van der Waals surface area contributed by atoms with Gasteiger partial charge in [0.2, 0.25) is 5.92 Å². The van der Waals surface area contributed by atoms with Gasteiger partial charge in [-0.05, 0) is 6.92 Å². The van der Waals surface area contributed by atoms with Crippen molar-refractivity contribution in [2.45, 2.75) is 39.0 Å². The van der Waals surface area contributed by atoms with Crippen LogP contribution >= 0.6 is 0 Å². The Labute approximate surface area is 59.4 Å². The highest BCUT2D eigenvalue weighted by Gasteiger charge is 2.25. The fourth-order valence-corrected chi connectivity index (χ4v) is 0.536. The summed E-state index contributed by atoms with van der Waals surface area (Å²) in [4.78, 5) is 10.3. The fraction of sp³-hybridized carbons (Fsp3) is 0.857. The van der Waals surface area contributed by atoms with Crippen LogP contribution in [0.15, 0.2) is 0 Å². The summed E-state index contributed by atoms with van der Waals surface area (Å²) in [6.45, 7) is 2.74. The number of Topliss-reactive ketones (excluding diaryl/α,β-unsaturated/α-hetero) is 1.